The number of pyridine rings is 1. The van der Waals surface area contributed by atoms with Gasteiger partial charge in [-0.2, -0.15) is 4.31 Å². The van der Waals surface area contributed by atoms with Crippen LogP contribution in [0.5, 0.6) is 5.88 Å². The van der Waals surface area contributed by atoms with Gasteiger partial charge in [0.25, 0.3) is 0 Å². The molecule has 0 saturated carbocycles. The van der Waals surface area contributed by atoms with Crippen molar-refractivity contribution in [3.05, 3.63) is 29.8 Å². The Bertz CT molecular complexity index is 954. The number of aryl methyl sites for hydroxylation is 2. The smallest absolute Gasteiger partial charge is 0.248 e. The number of sulfonamides is 1. The van der Waals surface area contributed by atoms with Gasteiger partial charge in [-0.15, -0.1) is 0 Å². The van der Waals surface area contributed by atoms with Crippen molar-refractivity contribution in [3.8, 4) is 5.88 Å². The number of methoxy groups -OCH3 is 1. The van der Waals surface area contributed by atoms with Crippen LogP contribution in [0.4, 0.5) is 5.69 Å². The molecule has 3 heterocycles. The number of aromatic nitrogens is 2. The lowest BCUT2D eigenvalue weighted by Crippen LogP contribution is -2.43. The first kappa shape index (κ1) is 22.2. The minimum absolute atomic E-state index is 0.0804. The molecule has 1 amide bonds. The summed E-state index contributed by atoms with van der Waals surface area (Å²) < 4.78 is 42.7. The van der Waals surface area contributed by atoms with Crippen LogP contribution >= 0.6 is 0 Å². The van der Waals surface area contributed by atoms with E-state index in [1.165, 1.54) is 10.5 Å². The first-order chi connectivity index (χ1) is 14.3. The van der Waals surface area contributed by atoms with Gasteiger partial charge in [-0.3, -0.25) is 4.79 Å². The number of carbonyl (C=O) groups excluding carboxylic acids is 1. The molecule has 2 aromatic heterocycles. The largest absolute Gasteiger partial charge is 0.475 e. The summed E-state index contributed by atoms with van der Waals surface area (Å²) in [6.07, 6.45) is 2.69. The van der Waals surface area contributed by atoms with Crippen molar-refractivity contribution in [3.63, 3.8) is 0 Å². The second kappa shape index (κ2) is 9.54. The topological polar surface area (TPSA) is 124 Å². The van der Waals surface area contributed by atoms with E-state index < -0.39 is 15.9 Å². The van der Waals surface area contributed by atoms with Crippen molar-refractivity contribution in [2.75, 3.05) is 38.7 Å². The zero-order valence-corrected chi connectivity index (χ0v) is 18.1. The molecule has 30 heavy (non-hydrogen) atoms. The predicted octanol–water partition coefficient (Wildman–Crippen LogP) is 1.75. The Kier molecular flexibility index (Phi) is 7.06. The SMILES string of the molecule is COCCOc1ccc(NC(=O)C2CCCN(S(=O)(=O)c3c(C)noc3C)C2)cn1. The van der Waals surface area contributed by atoms with Crippen LogP contribution in [0.15, 0.2) is 27.7 Å². The third-order valence-electron chi connectivity index (χ3n) is 4.86. The van der Waals surface area contributed by atoms with E-state index in [4.69, 9.17) is 14.0 Å². The molecule has 3 rings (SSSR count). The molecule has 1 unspecified atom stereocenters. The predicted molar refractivity (Wildman–Crippen MR) is 108 cm³/mol. The molecule has 1 saturated heterocycles. The summed E-state index contributed by atoms with van der Waals surface area (Å²) in [7, 11) is -2.19. The summed E-state index contributed by atoms with van der Waals surface area (Å²) >= 11 is 0. The third-order valence-corrected chi connectivity index (χ3v) is 6.97. The summed E-state index contributed by atoms with van der Waals surface area (Å²) in [5.41, 5.74) is 0.836. The lowest BCUT2D eigenvalue weighted by molar-refractivity contribution is -0.120. The molecular weight excluding hydrogens is 412 g/mol. The summed E-state index contributed by atoms with van der Waals surface area (Å²) in [5.74, 6) is -0.0347. The van der Waals surface area contributed by atoms with Crippen molar-refractivity contribution in [1.82, 2.24) is 14.4 Å². The van der Waals surface area contributed by atoms with Crippen LogP contribution in [0.1, 0.15) is 24.3 Å². The van der Waals surface area contributed by atoms with Gasteiger partial charge in [0.15, 0.2) is 5.76 Å². The van der Waals surface area contributed by atoms with Crippen LogP contribution < -0.4 is 10.1 Å². The Labute approximate surface area is 175 Å². The number of hydrogen-bond donors (Lipinski definition) is 1. The molecule has 0 bridgehead atoms. The summed E-state index contributed by atoms with van der Waals surface area (Å²) in [6, 6.07) is 3.34. The van der Waals surface area contributed by atoms with Crippen molar-refractivity contribution >= 4 is 21.6 Å². The van der Waals surface area contributed by atoms with Crippen LogP contribution in [0.2, 0.25) is 0 Å². The van der Waals surface area contributed by atoms with Crippen LogP contribution in [0.25, 0.3) is 0 Å². The number of anilines is 1. The van der Waals surface area contributed by atoms with Gasteiger partial charge >= 0.3 is 0 Å². The molecule has 10 nitrogen and oxygen atoms in total. The molecule has 0 radical (unpaired) electrons. The highest BCUT2D eigenvalue weighted by Gasteiger charge is 2.36. The maximum Gasteiger partial charge on any atom is 0.248 e. The third kappa shape index (κ3) is 4.97. The molecule has 0 aromatic carbocycles. The molecule has 1 aliphatic rings. The highest BCUT2D eigenvalue weighted by atomic mass is 32.2. The van der Waals surface area contributed by atoms with Gasteiger partial charge in [-0.05, 0) is 32.8 Å². The summed E-state index contributed by atoms with van der Waals surface area (Å²) in [5, 5.41) is 6.54. The molecule has 2 aromatic rings. The second-order valence-electron chi connectivity index (χ2n) is 7.07. The van der Waals surface area contributed by atoms with E-state index in [0.29, 0.717) is 49.9 Å². The van der Waals surface area contributed by atoms with Crippen LogP contribution in [0.3, 0.4) is 0 Å². The number of nitrogens with zero attached hydrogens (tertiary/aromatic N) is 3. The fourth-order valence-electron chi connectivity index (χ4n) is 3.36. The maximum absolute atomic E-state index is 13.0. The Morgan fingerprint density at radius 3 is 2.77 bits per heavy atom. The zero-order chi connectivity index (χ0) is 21.7. The van der Waals surface area contributed by atoms with Gasteiger partial charge in [0.2, 0.25) is 21.8 Å². The van der Waals surface area contributed by atoms with Crippen molar-refractivity contribution in [2.24, 2.45) is 5.92 Å². The van der Waals surface area contributed by atoms with E-state index in [9.17, 15) is 13.2 Å². The van der Waals surface area contributed by atoms with Crippen LogP contribution in [-0.4, -0.2) is 62.2 Å². The Morgan fingerprint density at radius 1 is 1.33 bits per heavy atom. The van der Waals surface area contributed by atoms with Crippen molar-refractivity contribution in [2.45, 2.75) is 31.6 Å². The summed E-state index contributed by atoms with van der Waals surface area (Å²) in [4.78, 5) is 16.9. The average molecular weight is 439 g/mol. The lowest BCUT2D eigenvalue weighted by atomic mass is 9.99. The van der Waals surface area contributed by atoms with E-state index >= 15 is 0 Å². The number of piperidine rings is 1. The van der Waals surface area contributed by atoms with E-state index in [0.717, 1.165) is 0 Å². The van der Waals surface area contributed by atoms with Gasteiger partial charge in [0, 0.05) is 26.3 Å². The Hall–Kier alpha value is -2.50. The Balaban J connectivity index is 1.63. The van der Waals surface area contributed by atoms with Gasteiger partial charge < -0.3 is 19.3 Å². The fourth-order valence-corrected chi connectivity index (χ4v) is 5.18. The zero-order valence-electron chi connectivity index (χ0n) is 17.3. The molecule has 11 heteroatoms. The number of ether oxygens (including phenoxy) is 2. The molecule has 0 spiro atoms. The number of rotatable bonds is 8. The molecular formula is C19H26N4O6S. The van der Waals surface area contributed by atoms with E-state index in [2.05, 4.69) is 15.5 Å². The van der Waals surface area contributed by atoms with E-state index in [-0.39, 0.29) is 23.1 Å². The lowest BCUT2D eigenvalue weighted by Gasteiger charge is -2.31. The molecule has 1 fully saturated rings. The van der Waals surface area contributed by atoms with Crippen molar-refractivity contribution < 1.29 is 27.2 Å². The van der Waals surface area contributed by atoms with Crippen LogP contribution in [-0.2, 0) is 19.6 Å². The minimum atomic E-state index is -3.78. The van der Waals surface area contributed by atoms with E-state index in [1.54, 1.807) is 33.1 Å². The maximum atomic E-state index is 13.0. The monoisotopic (exact) mass is 438 g/mol. The average Bonchev–Trinajstić information content (AvgIpc) is 3.08. The molecule has 1 aliphatic heterocycles. The number of nitrogens with one attached hydrogen (secondary N) is 1. The quantitative estimate of drug-likeness (QED) is 0.618. The van der Waals surface area contributed by atoms with Crippen molar-refractivity contribution in [1.29, 1.82) is 0 Å². The fraction of sp³-hybridized carbons (Fsp3) is 0.526. The second-order valence-corrected chi connectivity index (χ2v) is 8.95. The highest BCUT2D eigenvalue weighted by Crippen LogP contribution is 2.28. The number of carbonyl (C=O) groups is 1. The molecule has 164 valence electrons. The highest BCUT2D eigenvalue weighted by molar-refractivity contribution is 7.89. The summed E-state index contributed by atoms with van der Waals surface area (Å²) in [6.45, 7) is 4.45. The first-order valence-electron chi connectivity index (χ1n) is 9.64. The van der Waals surface area contributed by atoms with Gasteiger partial charge in [-0.25, -0.2) is 13.4 Å². The minimum Gasteiger partial charge on any atom is -0.475 e. The van der Waals surface area contributed by atoms with Gasteiger partial charge in [0.1, 0.15) is 17.2 Å². The van der Waals surface area contributed by atoms with Crippen LogP contribution in [0, 0.1) is 19.8 Å². The molecule has 1 atom stereocenters. The standard InChI is InChI=1S/C19H26N4O6S/c1-13-18(14(2)29-22-13)30(25,26)23-8-4-5-15(12-23)19(24)21-16-6-7-17(20-11-16)28-10-9-27-3/h6-7,11,15H,4-5,8-10,12H2,1-3H3,(H,21,24). The van der Waals surface area contributed by atoms with Gasteiger partial charge in [-0.1, -0.05) is 5.16 Å². The van der Waals surface area contributed by atoms with E-state index in [1.807, 2.05) is 0 Å². The normalized spacial score (nSPS) is 17.6. The number of hydrogen-bond acceptors (Lipinski definition) is 8. The van der Waals surface area contributed by atoms with Gasteiger partial charge in [0.05, 0.1) is 24.4 Å². The number of amides is 1. The first-order valence-corrected chi connectivity index (χ1v) is 11.1. The molecule has 1 N–H and O–H groups in total. The molecule has 0 aliphatic carbocycles. The Morgan fingerprint density at radius 2 is 2.13 bits per heavy atom.